The summed E-state index contributed by atoms with van der Waals surface area (Å²) < 4.78 is 38.5. The van der Waals surface area contributed by atoms with Crippen LogP contribution in [-0.4, -0.2) is 35.6 Å². The number of hydrogen-bond acceptors (Lipinski definition) is 7. The number of rotatable bonds is 6. The van der Waals surface area contributed by atoms with E-state index in [0.29, 0.717) is 33.0 Å². The Morgan fingerprint density at radius 1 is 0.900 bits per heavy atom. The average molecular weight is 573 g/mol. The fraction of sp³-hybridized carbons (Fsp3) is 0.0690. The number of aromatic nitrogens is 2. The van der Waals surface area contributed by atoms with Crippen LogP contribution in [0.15, 0.2) is 96.2 Å². The summed E-state index contributed by atoms with van der Waals surface area (Å²) in [5.41, 5.74) is 5.14. The van der Waals surface area contributed by atoms with Crippen molar-refractivity contribution in [2.24, 2.45) is 0 Å². The molecule has 3 N–H and O–H groups in total. The zero-order valence-corrected chi connectivity index (χ0v) is 22.3. The summed E-state index contributed by atoms with van der Waals surface area (Å²) >= 11 is 6.10. The molecule has 4 aromatic carbocycles. The molecule has 6 rings (SSSR count). The Kier molecular flexibility index (Phi) is 6.59. The van der Waals surface area contributed by atoms with Crippen molar-refractivity contribution >= 4 is 55.9 Å². The van der Waals surface area contributed by atoms with E-state index in [9.17, 15) is 17.8 Å². The van der Waals surface area contributed by atoms with E-state index in [1.54, 1.807) is 36.4 Å². The first-order valence-electron chi connectivity index (χ1n) is 12.2. The van der Waals surface area contributed by atoms with Crippen LogP contribution in [0.3, 0.4) is 0 Å². The highest BCUT2D eigenvalue weighted by molar-refractivity contribution is 7.85. The topological polar surface area (TPSA) is 131 Å². The molecule has 200 valence electrons. The predicted molar refractivity (Wildman–Crippen MR) is 153 cm³/mol. The quantitative estimate of drug-likeness (QED) is 0.193. The minimum absolute atomic E-state index is 0.0271. The van der Waals surface area contributed by atoms with E-state index in [4.69, 9.17) is 16.3 Å². The van der Waals surface area contributed by atoms with Crippen LogP contribution in [0.25, 0.3) is 22.0 Å². The molecule has 40 heavy (non-hydrogen) atoms. The molecule has 0 bridgehead atoms. The molecule has 5 aromatic rings. The van der Waals surface area contributed by atoms with E-state index in [1.165, 1.54) is 18.5 Å². The second kappa shape index (κ2) is 10.2. The van der Waals surface area contributed by atoms with E-state index in [2.05, 4.69) is 20.6 Å². The van der Waals surface area contributed by atoms with Gasteiger partial charge in [0.05, 0.1) is 10.4 Å². The van der Waals surface area contributed by atoms with Crippen molar-refractivity contribution in [2.75, 3.05) is 17.2 Å². The second-order valence-corrected chi connectivity index (χ2v) is 11.0. The van der Waals surface area contributed by atoms with Crippen molar-refractivity contribution in [3.05, 3.63) is 107 Å². The number of carbonyl (C=O) groups is 1. The summed E-state index contributed by atoms with van der Waals surface area (Å²) in [6, 6.07) is 24.4. The third-order valence-electron chi connectivity index (χ3n) is 6.67. The SMILES string of the molecule is O=C(Nc1ccc2ncnc(Nc3cccc(Cl)c3)c2c1)OCC1c2ccccc2-c2cc(S(=O)(=O)O)ccc21. The molecule has 0 fully saturated rings. The minimum Gasteiger partial charge on any atom is -0.448 e. The Balaban J connectivity index is 1.21. The Labute approximate surface area is 234 Å². The lowest BCUT2D eigenvalue weighted by Crippen LogP contribution is -2.18. The first-order chi connectivity index (χ1) is 19.3. The summed E-state index contributed by atoms with van der Waals surface area (Å²) in [5, 5.41) is 7.26. The molecule has 1 amide bonds. The van der Waals surface area contributed by atoms with Crippen LogP contribution in [0.5, 0.6) is 0 Å². The van der Waals surface area contributed by atoms with Crippen LogP contribution in [0.4, 0.5) is 22.0 Å². The number of halogens is 1. The number of fused-ring (bicyclic) bond motifs is 4. The highest BCUT2D eigenvalue weighted by Gasteiger charge is 2.30. The number of benzene rings is 4. The molecule has 1 atom stereocenters. The van der Waals surface area contributed by atoms with Gasteiger partial charge < -0.3 is 10.1 Å². The molecule has 1 aromatic heterocycles. The molecular weight excluding hydrogens is 552 g/mol. The first kappa shape index (κ1) is 25.8. The third kappa shape index (κ3) is 5.07. The molecule has 0 saturated carbocycles. The van der Waals surface area contributed by atoms with Crippen molar-refractivity contribution < 1.29 is 22.5 Å². The highest BCUT2D eigenvalue weighted by atomic mass is 35.5. The minimum atomic E-state index is -4.36. The van der Waals surface area contributed by atoms with Crippen LogP contribution < -0.4 is 10.6 Å². The standard InChI is InChI=1S/C29H21ClN4O5S/c30-17-4-3-5-18(12-17)33-28-25-13-19(8-11-27(25)31-16-32-28)34-29(35)39-15-26-22-7-2-1-6-21(22)24-14-20(40(36,37)38)9-10-23(24)26/h1-14,16,26H,15H2,(H,34,35)(H,31,32,33)(H,36,37,38). The summed E-state index contributed by atoms with van der Waals surface area (Å²) in [7, 11) is -4.36. The monoisotopic (exact) mass is 572 g/mol. The van der Waals surface area contributed by atoms with Crippen molar-refractivity contribution in [1.29, 1.82) is 0 Å². The van der Waals surface area contributed by atoms with Crippen molar-refractivity contribution in [1.82, 2.24) is 9.97 Å². The molecule has 9 nitrogen and oxygen atoms in total. The number of hydrogen-bond donors (Lipinski definition) is 3. The molecular formula is C29H21ClN4O5S. The zero-order valence-electron chi connectivity index (χ0n) is 20.7. The van der Waals surface area contributed by atoms with E-state index in [0.717, 1.165) is 22.4 Å². The lowest BCUT2D eigenvalue weighted by Gasteiger charge is -2.15. The highest BCUT2D eigenvalue weighted by Crippen LogP contribution is 2.45. The lowest BCUT2D eigenvalue weighted by atomic mass is 9.98. The predicted octanol–water partition coefficient (Wildman–Crippen LogP) is 6.63. The molecule has 0 saturated heterocycles. The van der Waals surface area contributed by atoms with E-state index < -0.39 is 16.2 Å². The lowest BCUT2D eigenvalue weighted by molar-refractivity contribution is 0.158. The number of ether oxygens (including phenoxy) is 1. The van der Waals surface area contributed by atoms with Crippen LogP contribution in [0.2, 0.25) is 5.02 Å². The zero-order chi connectivity index (χ0) is 27.9. The maximum absolute atomic E-state index is 12.8. The van der Waals surface area contributed by atoms with Gasteiger partial charge in [-0.05, 0) is 70.8 Å². The summed E-state index contributed by atoms with van der Waals surface area (Å²) in [4.78, 5) is 21.3. The maximum atomic E-state index is 12.8. The summed E-state index contributed by atoms with van der Waals surface area (Å²) in [6.45, 7) is 0.0271. The number of amides is 1. The van der Waals surface area contributed by atoms with Gasteiger partial charge in [-0.1, -0.05) is 48.0 Å². The van der Waals surface area contributed by atoms with Crippen LogP contribution in [-0.2, 0) is 14.9 Å². The summed E-state index contributed by atoms with van der Waals surface area (Å²) in [5.74, 6) is 0.249. The smallest absolute Gasteiger partial charge is 0.411 e. The molecule has 0 spiro atoms. The third-order valence-corrected chi connectivity index (χ3v) is 7.76. The number of nitrogens with zero attached hydrogens (tertiary/aromatic N) is 2. The van der Waals surface area contributed by atoms with Gasteiger partial charge in [0.25, 0.3) is 10.1 Å². The Morgan fingerprint density at radius 3 is 2.55 bits per heavy atom. The second-order valence-electron chi connectivity index (χ2n) is 9.18. The van der Waals surface area contributed by atoms with Gasteiger partial charge in [-0.3, -0.25) is 9.87 Å². The van der Waals surface area contributed by atoms with Gasteiger partial charge in [0, 0.05) is 27.7 Å². The molecule has 0 aliphatic heterocycles. The van der Waals surface area contributed by atoms with Crippen LogP contribution >= 0.6 is 11.6 Å². The van der Waals surface area contributed by atoms with Crippen LogP contribution in [0.1, 0.15) is 17.0 Å². The molecule has 1 unspecified atom stereocenters. The maximum Gasteiger partial charge on any atom is 0.411 e. The van der Waals surface area contributed by atoms with E-state index in [1.807, 2.05) is 36.4 Å². The Hall–Kier alpha value is -4.51. The number of anilines is 3. The number of nitrogens with one attached hydrogen (secondary N) is 2. The first-order valence-corrected chi connectivity index (χ1v) is 14.0. The van der Waals surface area contributed by atoms with Gasteiger partial charge in [-0.15, -0.1) is 0 Å². The molecule has 1 heterocycles. The van der Waals surface area contributed by atoms with Gasteiger partial charge in [0.15, 0.2) is 0 Å². The summed E-state index contributed by atoms with van der Waals surface area (Å²) in [6.07, 6.45) is 0.799. The molecule has 1 aliphatic rings. The van der Waals surface area contributed by atoms with E-state index >= 15 is 0 Å². The average Bonchev–Trinajstić information content (AvgIpc) is 3.25. The Bertz CT molecular complexity index is 1900. The van der Waals surface area contributed by atoms with Gasteiger partial charge in [0.2, 0.25) is 0 Å². The fourth-order valence-corrected chi connectivity index (χ4v) is 5.57. The molecule has 1 aliphatic carbocycles. The van der Waals surface area contributed by atoms with Gasteiger partial charge in [-0.25, -0.2) is 14.8 Å². The van der Waals surface area contributed by atoms with Crippen LogP contribution in [0, 0.1) is 0 Å². The van der Waals surface area contributed by atoms with Crippen molar-refractivity contribution in [2.45, 2.75) is 10.8 Å². The number of carbonyl (C=O) groups excluding carboxylic acids is 1. The van der Waals surface area contributed by atoms with Gasteiger partial charge in [0.1, 0.15) is 18.8 Å². The largest absolute Gasteiger partial charge is 0.448 e. The van der Waals surface area contributed by atoms with Crippen molar-refractivity contribution in [3.63, 3.8) is 0 Å². The van der Waals surface area contributed by atoms with Crippen molar-refractivity contribution in [3.8, 4) is 11.1 Å². The van der Waals surface area contributed by atoms with E-state index in [-0.39, 0.29) is 17.4 Å². The fourth-order valence-electron chi connectivity index (χ4n) is 4.88. The molecule has 0 radical (unpaired) electrons. The normalized spacial score (nSPS) is 13.9. The van der Waals surface area contributed by atoms with Gasteiger partial charge in [-0.2, -0.15) is 8.42 Å². The van der Waals surface area contributed by atoms with Gasteiger partial charge >= 0.3 is 6.09 Å². The molecule has 11 heteroatoms. The Morgan fingerprint density at radius 2 is 1.73 bits per heavy atom.